The molecule has 1 atom stereocenters. The maximum absolute atomic E-state index is 12.4. The van der Waals surface area contributed by atoms with Crippen LogP contribution in [0.15, 0.2) is 32.0 Å². The Morgan fingerprint density at radius 1 is 1.46 bits per heavy atom. The molecule has 4 rings (SSSR count). The van der Waals surface area contributed by atoms with Crippen molar-refractivity contribution in [1.82, 2.24) is 24.7 Å². The molecule has 3 N–H and O–H groups in total. The molecule has 0 radical (unpaired) electrons. The number of aromatic nitrogens is 5. The number of hydrogen-bond acceptors (Lipinski definition) is 7. The van der Waals surface area contributed by atoms with Crippen LogP contribution in [0.5, 0.6) is 0 Å². The monoisotopic (exact) mass is 423 g/mol. The lowest BCUT2D eigenvalue weighted by molar-refractivity contribution is -0.137. The number of nitrogens with zero attached hydrogens (tertiary/aromatic N) is 3. The summed E-state index contributed by atoms with van der Waals surface area (Å²) in [6.45, 7) is 0.611. The Kier molecular flexibility index (Phi) is 4.54. The first kappa shape index (κ1) is 18.7. The molecule has 3 aromatic rings. The van der Waals surface area contributed by atoms with Gasteiger partial charge in [-0.15, -0.1) is 5.10 Å². The van der Waals surface area contributed by atoms with Crippen LogP contribution in [-0.2, 0) is 21.2 Å². The van der Waals surface area contributed by atoms with E-state index in [0.29, 0.717) is 28.9 Å². The third kappa shape index (κ3) is 3.22. The van der Waals surface area contributed by atoms with E-state index >= 15 is 0 Å². The molecule has 0 saturated carbocycles. The molecule has 1 aliphatic rings. The minimum absolute atomic E-state index is 0.0742. The summed E-state index contributed by atoms with van der Waals surface area (Å²) in [5.41, 5.74) is 0.734. The molecular formula is C16H17N5O5S2. The molecule has 0 spiro atoms. The molecule has 12 heteroatoms. The Bertz CT molecular complexity index is 1240. The number of carbonyl (C=O) groups is 1. The number of H-pyrrole nitrogens is 2. The van der Waals surface area contributed by atoms with Gasteiger partial charge in [0.05, 0.1) is 16.7 Å². The van der Waals surface area contributed by atoms with Crippen molar-refractivity contribution in [3.8, 4) is 0 Å². The van der Waals surface area contributed by atoms with Crippen LogP contribution in [0, 0.1) is 0 Å². The second kappa shape index (κ2) is 6.78. The van der Waals surface area contributed by atoms with E-state index in [1.807, 2.05) is 4.57 Å². The van der Waals surface area contributed by atoms with Gasteiger partial charge in [0.1, 0.15) is 5.65 Å². The number of sulfone groups is 1. The van der Waals surface area contributed by atoms with Crippen molar-refractivity contribution in [2.24, 2.45) is 0 Å². The SMILES string of the molecule is CS(=O)(=O)c1ccnc2c1c(Sc1n[nH]c(=O)[nH]1)c1n2CCCC1CC(=O)O. The average Bonchev–Trinajstić information content (AvgIpc) is 3.16. The fraction of sp³-hybridized carbons (Fsp3) is 0.375. The Morgan fingerprint density at radius 2 is 2.25 bits per heavy atom. The molecule has 0 aromatic carbocycles. The fourth-order valence-corrected chi connectivity index (χ4v) is 5.75. The van der Waals surface area contributed by atoms with E-state index in [4.69, 9.17) is 0 Å². The predicted molar refractivity (Wildman–Crippen MR) is 100 cm³/mol. The molecule has 28 heavy (non-hydrogen) atoms. The van der Waals surface area contributed by atoms with Crippen molar-refractivity contribution in [3.05, 3.63) is 28.4 Å². The molecule has 10 nitrogen and oxygen atoms in total. The highest BCUT2D eigenvalue weighted by Crippen LogP contribution is 2.46. The molecule has 0 fully saturated rings. The van der Waals surface area contributed by atoms with Crippen molar-refractivity contribution in [1.29, 1.82) is 0 Å². The Morgan fingerprint density at radius 3 is 2.89 bits per heavy atom. The van der Waals surface area contributed by atoms with E-state index in [9.17, 15) is 23.1 Å². The van der Waals surface area contributed by atoms with Gasteiger partial charge in [0.2, 0.25) is 0 Å². The topological polar surface area (TPSA) is 151 Å². The summed E-state index contributed by atoms with van der Waals surface area (Å²) < 4.78 is 26.7. The molecule has 0 bridgehead atoms. The van der Waals surface area contributed by atoms with Gasteiger partial charge in [-0.2, -0.15) is 0 Å². The molecular weight excluding hydrogens is 406 g/mol. The number of nitrogens with one attached hydrogen (secondary N) is 2. The number of fused-ring (bicyclic) bond motifs is 3. The standard InChI is InChI=1S/C16H17N5O5S2/c1-28(25,26)9-4-5-17-14-11(9)13(27-16-18-15(24)19-20-16)12-8(7-10(22)23)3-2-6-21(12)14/h4-5,8H,2-3,6-7H2,1H3,(H,22,23)(H2,18,19,20,24). The smallest absolute Gasteiger partial charge is 0.341 e. The quantitative estimate of drug-likeness (QED) is 0.556. The number of aromatic amines is 2. The van der Waals surface area contributed by atoms with Gasteiger partial charge in [-0.25, -0.2) is 23.3 Å². The van der Waals surface area contributed by atoms with Crippen LogP contribution >= 0.6 is 11.8 Å². The van der Waals surface area contributed by atoms with Crippen LogP contribution in [0.1, 0.15) is 30.9 Å². The van der Waals surface area contributed by atoms with E-state index < -0.39 is 21.5 Å². The second-order valence-corrected chi connectivity index (χ2v) is 9.65. The van der Waals surface area contributed by atoms with Gasteiger partial charge in [-0.3, -0.25) is 9.78 Å². The lowest BCUT2D eigenvalue weighted by Crippen LogP contribution is -2.18. The fourth-order valence-electron chi connectivity index (χ4n) is 3.70. The van der Waals surface area contributed by atoms with Gasteiger partial charge < -0.3 is 9.67 Å². The summed E-state index contributed by atoms with van der Waals surface area (Å²) in [4.78, 5) is 30.4. The van der Waals surface area contributed by atoms with E-state index in [1.165, 1.54) is 12.3 Å². The maximum atomic E-state index is 12.4. The minimum Gasteiger partial charge on any atom is -0.481 e. The normalized spacial score (nSPS) is 17.0. The van der Waals surface area contributed by atoms with Crippen LogP contribution in [-0.4, -0.2) is 50.5 Å². The summed E-state index contributed by atoms with van der Waals surface area (Å²) in [7, 11) is -3.56. The van der Waals surface area contributed by atoms with Crippen molar-refractivity contribution in [2.75, 3.05) is 6.26 Å². The summed E-state index contributed by atoms with van der Waals surface area (Å²) in [6.07, 6.45) is 3.93. The zero-order chi connectivity index (χ0) is 20.1. The third-order valence-electron chi connectivity index (χ3n) is 4.72. The Hall–Kier alpha value is -2.60. The van der Waals surface area contributed by atoms with E-state index in [-0.39, 0.29) is 22.4 Å². The highest BCUT2D eigenvalue weighted by Gasteiger charge is 2.32. The van der Waals surface area contributed by atoms with Crippen molar-refractivity contribution in [2.45, 2.75) is 46.7 Å². The van der Waals surface area contributed by atoms with Crippen LogP contribution < -0.4 is 5.69 Å². The molecule has 0 saturated heterocycles. The Balaban J connectivity index is 2.04. The van der Waals surface area contributed by atoms with Crippen molar-refractivity contribution >= 4 is 38.6 Å². The summed E-state index contributed by atoms with van der Waals surface area (Å²) in [5, 5.41) is 16.2. The number of hydrogen-bond donors (Lipinski definition) is 3. The number of pyridine rings is 1. The Labute approximate surface area is 163 Å². The molecule has 4 heterocycles. The minimum atomic E-state index is -3.56. The predicted octanol–water partition coefficient (Wildman–Crippen LogP) is 1.35. The van der Waals surface area contributed by atoms with E-state index in [1.54, 1.807) is 0 Å². The average molecular weight is 423 g/mol. The van der Waals surface area contributed by atoms with E-state index in [0.717, 1.165) is 30.1 Å². The maximum Gasteiger partial charge on any atom is 0.341 e. The van der Waals surface area contributed by atoms with Crippen LogP contribution in [0.25, 0.3) is 11.0 Å². The lowest BCUT2D eigenvalue weighted by Gasteiger charge is -2.24. The number of carboxylic acids is 1. The lowest BCUT2D eigenvalue weighted by atomic mass is 9.93. The van der Waals surface area contributed by atoms with Gasteiger partial charge >= 0.3 is 11.7 Å². The van der Waals surface area contributed by atoms with Crippen molar-refractivity contribution < 1.29 is 18.3 Å². The van der Waals surface area contributed by atoms with Gasteiger partial charge in [0.25, 0.3) is 0 Å². The van der Waals surface area contributed by atoms with E-state index in [2.05, 4.69) is 20.2 Å². The molecule has 3 aromatic heterocycles. The molecule has 0 amide bonds. The van der Waals surface area contributed by atoms with Crippen LogP contribution in [0.4, 0.5) is 0 Å². The highest BCUT2D eigenvalue weighted by atomic mass is 32.2. The summed E-state index contributed by atoms with van der Waals surface area (Å²) in [5.74, 6) is -1.22. The van der Waals surface area contributed by atoms with Gasteiger partial charge in [0, 0.05) is 35.5 Å². The first-order valence-electron chi connectivity index (χ1n) is 8.51. The molecule has 148 valence electrons. The summed E-state index contributed by atoms with van der Waals surface area (Å²) >= 11 is 1.10. The number of carboxylic acid groups (broad SMARTS) is 1. The molecule has 0 aliphatic carbocycles. The summed E-state index contributed by atoms with van der Waals surface area (Å²) in [6, 6.07) is 1.44. The number of rotatable bonds is 5. The highest BCUT2D eigenvalue weighted by molar-refractivity contribution is 7.99. The van der Waals surface area contributed by atoms with Gasteiger partial charge in [-0.1, -0.05) is 0 Å². The zero-order valence-corrected chi connectivity index (χ0v) is 16.4. The van der Waals surface area contributed by atoms with Crippen LogP contribution in [0.3, 0.4) is 0 Å². The second-order valence-electron chi connectivity index (χ2n) is 6.67. The number of aryl methyl sites for hydroxylation is 1. The van der Waals surface area contributed by atoms with Gasteiger partial charge in [-0.05, 0) is 30.7 Å². The molecule has 1 aliphatic heterocycles. The van der Waals surface area contributed by atoms with Crippen LogP contribution in [0.2, 0.25) is 0 Å². The van der Waals surface area contributed by atoms with Crippen molar-refractivity contribution in [3.63, 3.8) is 0 Å². The van der Waals surface area contributed by atoms with Gasteiger partial charge in [0.15, 0.2) is 15.0 Å². The first-order valence-corrected chi connectivity index (χ1v) is 11.2. The zero-order valence-electron chi connectivity index (χ0n) is 14.8. The number of aliphatic carboxylic acids is 1. The first-order chi connectivity index (χ1) is 13.3. The third-order valence-corrected chi connectivity index (χ3v) is 6.86. The largest absolute Gasteiger partial charge is 0.481 e. The molecule has 1 unspecified atom stereocenters.